The number of aryl methyl sites for hydroxylation is 1. The van der Waals surface area contributed by atoms with E-state index >= 15 is 0 Å². The largest absolute Gasteiger partial charge is 0.497 e. The van der Waals surface area contributed by atoms with E-state index in [1.165, 1.54) is 15.8 Å². The molecule has 2 aromatic heterocycles. The SMILES string of the molecule is COc1ccc(-c2[nH]c3ccccc3c2CCC(=O)N2CCC[C@H]2c2cccs2)cc1. The minimum Gasteiger partial charge on any atom is -0.497 e. The number of amides is 1. The van der Waals surface area contributed by atoms with Gasteiger partial charge in [0.2, 0.25) is 5.91 Å². The van der Waals surface area contributed by atoms with Crippen molar-refractivity contribution < 1.29 is 9.53 Å². The predicted molar refractivity (Wildman–Crippen MR) is 127 cm³/mol. The summed E-state index contributed by atoms with van der Waals surface area (Å²) in [6, 6.07) is 20.9. The summed E-state index contributed by atoms with van der Waals surface area (Å²) in [5.41, 5.74) is 4.51. The molecule has 5 rings (SSSR count). The molecule has 1 atom stereocenters. The lowest BCUT2D eigenvalue weighted by Crippen LogP contribution is -2.30. The van der Waals surface area contributed by atoms with Crippen LogP contribution in [0.15, 0.2) is 66.0 Å². The molecule has 31 heavy (non-hydrogen) atoms. The number of fused-ring (bicyclic) bond motifs is 1. The van der Waals surface area contributed by atoms with Crippen LogP contribution in [0.25, 0.3) is 22.2 Å². The van der Waals surface area contributed by atoms with Gasteiger partial charge in [-0.25, -0.2) is 0 Å². The van der Waals surface area contributed by atoms with Gasteiger partial charge in [0.25, 0.3) is 0 Å². The van der Waals surface area contributed by atoms with E-state index in [0.29, 0.717) is 6.42 Å². The summed E-state index contributed by atoms with van der Waals surface area (Å²) in [6.07, 6.45) is 3.39. The third-order valence-corrected chi connectivity index (χ3v) is 7.20. The predicted octanol–water partition coefficient (Wildman–Crippen LogP) is 6.20. The van der Waals surface area contributed by atoms with Crippen molar-refractivity contribution in [1.29, 1.82) is 0 Å². The number of hydrogen-bond acceptors (Lipinski definition) is 3. The van der Waals surface area contributed by atoms with Gasteiger partial charge in [-0.05, 0) is 72.2 Å². The minimum atomic E-state index is 0.247. The van der Waals surface area contributed by atoms with Crippen LogP contribution in [-0.4, -0.2) is 29.4 Å². The Hall–Kier alpha value is -3.05. The lowest BCUT2D eigenvalue weighted by molar-refractivity contribution is -0.132. The highest BCUT2D eigenvalue weighted by atomic mass is 32.1. The van der Waals surface area contributed by atoms with Crippen molar-refractivity contribution in [3.05, 3.63) is 76.5 Å². The molecule has 0 spiro atoms. The molecule has 158 valence electrons. The van der Waals surface area contributed by atoms with E-state index < -0.39 is 0 Å². The Morgan fingerprint density at radius 2 is 1.97 bits per heavy atom. The molecule has 4 aromatic rings. The molecule has 0 radical (unpaired) electrons. The number of aromatic nitrogens is 1. The summed E-state index contributed by atoms with van der Waals surface area (Å²) in [5, 5.41) is 3.29. The zero-order chi connectivity index (χ0) is 21.2. The van der Waals surface area contributed by atoms with Gasteiger partial charge < -0.3 is 14.6 Å². The van der Waals surface area contributed by atoms with Crippen LogP contribution in [-0.2, 0) is 11.2 Å². The fourth-order valence-corrected chi connectivity index (χ4v) is 5.55. The summed E-state index contributed by atoms with van der Waals surface area (Å²) in [7, 11) is 1.68. The second kappa shape index (κ2) is 8.60. The van der Waals surface area contributed by atoms with Crippen LogP contribution in [0.2, 0.25) is 0 Å². The second-order valence-corrected chi connectivity index (χ2v) is 8.99. The molecule has 1 aliphatic heterocycles. The first-order valence-corrected chi connectivity index (χ1v) is 11.7. The number of rotatable bonds is 6. The number of nitrogens with zero attached hydrogens (tertiary/aromatic N) is 1. The van der Waals surface area contributed by atoms with Gasteiger partial charge in [0.15, 0.2) is 0 Å². The third kappa shape index (κ3) is 3.86. The van der Waals surface area contributed by atoms with Gasteiger partial charge in [-0.1, -0.05) is 24.3 Å². The molecule has 5 heteroatoms. The zero-order valence-corrected chi connectivity index (χ0v) is 18.5. The van der Waals surface area contributed by atoms with Gasteiger partial charge >= 0.3 is 0 Å². The summed E-state index contributed by atoms with van der Waals surface area (Å²) in [4.78, 5) is 20.2. The highest BCUT2D eigenvalue weighted by Gasteiger charge is 2.30. The molecule has 0 saturated carbocycles. The molecule has 0 bridgehead atoms. The van der Waals surface area contributed by atoms with E-state index in [4.69, 9.17) is 4.74 Å². The van der Waals surface area contributed by atoms with Crippen molar-refractivity contribution in [2.75, 3.05) is 13.7 Å². The number of thiophene rings is 1. The fraction of sp³-hybridized carbons (Fsp3) is 0.269. The smallest absolute Gasteiger partial charge is 0.223 e. The Morgan fingerprint density at radius 3 is 2.74 bits per heavy atom. The van der Waals surface area contributed by atoms with E-state index in [9.17, 15) is 4.79 Å². The van der Waals surface area contributed by atoms with Gasteiger partial charge in [0.1, 0.15) is 5.75 Å². The first-order chi connectivity index (χ1) is 15.2. The lowest BCUT2D eigenvalue weighted by atomic mass is 10.0. The number of para-hydroxylation sites is 1. The Morgan fingerprint density at radius 1 is 1.13 bits per heavy atom. The number of methoxy groups -OCH3 is 1. The van der Waals surface area contributed by atoms with Crippen LogP contribution in [0, 0.1) is 0 Å². The van der Waals surface area contributed by atoms with Gasteiger partial charge in [-0.3, -0.25) is 4.79 Å². The number of hydrogen-bond donors (Lipinski definition) is 1. The van der Waals surface area contributed by atoms with Crippen molar-refractivity contribution >= 4 is 28.1 Å². The van der Waals surface area contributed by atoms with Crippen LogP contribution in [0.5, 0.6) is 5.75 Å². The van der Waals surface area contributed by atoms with E-state index in [1.54, 1.807) is 18.4 Å². The maximum Gasteiger partial charge on any atom is 0.223 e. The van der Waals surface area contributed by atoms with Crippen LogP contribution >= 0.6 is 11.3 Å². The van der Waals surface area contributed by atoms with Gasteiger partial charge in [0.05, 0.1) is 13.2 Å². The van der Waals surface area contributed by atoms with Crippen molar-refractivity contribution in [2.24, 2.45) is 0 Å². The quantitative estimate of drug-likeness (QED) is 0.396. The number of carbonyl (C=O) groups excluding carboxylic acids is 1. The number of likely N-dealkylation sites (tertiary alicyclic amines) is 1. The number of aromatic amines is 1. The first-order valence-electron chi connectivity index (χ1n) is 10.8. The molecular formula is C26H26N2O2S. The van der Waals surface area contributed by atoms with E-state index in [1.807, 2.05) is 18.2 Å². The standard InChI is InChI=1S/C26H26N2O2S/c1-30-19-12-10-18(11-13-19)26-21(20-6-2-3-7-22(20)27-26)14-15-25(29)28-16-4-8-23(28)24-9-5-17-31-24/h2-3,5-7,9-13,17,23,27H,4,8,14-16H2,1H3/t23-/m0/s1. The average molecular weight is 431 g/mol. The Kier molecular flexibility index (Phi) is 5.51. The number of nitrogens with one attached hydrogen (secondary N) is 1. The average Bonchev–Trinajstić information content (AvgIpc) is 3.57. The summed E-state index contributed by atoms with van der Waals surface area (Å²) in [5.74, 6) is 1.09. The molecule has 0 aliphatic carbocycles. The summed E-state index contributed by atoms with van der Waals surface area (Å²) >= 11 is 1.75. The van der Waals surface area contributed by atoms with Gasteiger partial charge in [-0.2, -0.15) is 0 Å². The topological polar surface area (TPSA) is 45.3 Å². The molecule has 4 nitrogen and oxygen atoms in total. The molecule has 1 amide bonds. The molecule has 0 unspecified atom stereocenters. The summed E-state index contributed by atoms with van der Waals surface area (Å²) < 4.78 is 5.31. The van der Waals surface area contributed by atoms with E-state index in [-0.39, 0.29) is 11.9 Å². The maximum absolute atomic E-state index is 13.2. The molecule has 2 aromatic carbocycles. The monoisotopic (exact) mass is 430 g/mol. The van der Waals surface area contributed by atoms with Crippen LogP contribution in [0.4, 0.5) is 0 Å². The normalized spacial score (nSPS) is 16.2. The Balaban J connectivity index is 1.41. The third-order valence-electron chi connectivity index (χ3n) is 6.23. The van der Waals surface area contributed by atoms with Gasteiger partial charge in [0, 0.05) is 34.4 Å². The lowest BCUT2D eigenvalue weighted by Gasteiger charge is -2.24. The maximum atomic E-state index is 13.2. The van der Waals surface area contributed by atoms with Crippen molar-refractivity contribution in [3.8, 4) is 17.0 Å². The molecule has 1 saturated heterocycles. The number of benzene rings is 2. The van der Waals surface area contributed by atoms with E-state index in [0.717, 1.165) is 48.3 Å². The highest BCUT2D eigenvalue weighted by Crippen LogP contribution is 2.36. The zero-order valence-electron chi connectivity index (χ0n) is 17.6. The second-order valence-electron chi connectivity index (χ2n) is 8.01. The number of ether oxygens (including phenoxy) is 1. The van der Waals surface area contributed by atoms with E-state index in [2.05, 4.69) is 57.7 Å². The molecule has 1 fully saturated rings. The Bertz CT molecular complexity index is 1180. The molecule has 3 heterocycles. The fourth-order valence-electron chi connectivity index (χ4n) is 4.68. The number of carbonyl (C=O) groups is 1. The minimum absolute atomic E-state index is 0.247. The molecular weight excluding hydrogens is 404 g/mol. The van der Waals surface area contributed by atoms with Gasteiger partial charge in [-0.15, -0.1) is 11.3 Å². The van der Waals surface area contributed by atoms with Crippen molar-refractivity contribution in [1.82, 2.24) is 9.88 Å². The molecule has 1 N–H and O–H groups in total. The summed E-state index contributed by atoms with van der Waals surface area (Å²) in [6.45, 7) is 0.862. The first kappa shape index (κ1) is 19.9. The van der Waals surface area contributed by atoms with Crippen molar-refractivity contribution in [2.45, 2.75) is 31.7 Å². The molecule has 1 aliphatic rings. The van der Waals surface area contributed by atoms with Crippen LogP contribution in [0.3, 0.4) is 0 Å². The number of H-pyrrole nitrogens is 1. The highest BCUT2D eigenvalue weighted by molar-refractivity contribution is 7.10. The van der Waals surface area contributed by atoms with Crippen LogP contribution in [0.1, 0.15) is 35.7 Å². The Labute approximate surface area is 186 Å². The van der Waals surface area contributed by atoms with Crippen molar-refractivity contribution in [3.63, 3.8) is 0 Å². The van der Waals surface area contributed by atoms with Crippen LogP contribution < -0.4 is 4.74 Å².